The van der Waals surface area contributed by atoms with Crippen molar-refractivity contribution in [2.24, 2.45) is 5.92 Å². The summed E-state index contributed by atoms with van der Waals surface area (Å²) in [6.07, 6.45) is 4.38. The van der Waals surface area contributed by atoms with Crippen molar-refractivity contribution in [3.05, 3.63) is 90.0 Å². The smallest absolute Gasteiger partial charge is 0.145 e. The van der Waals surface area contributed by atoms with E-state index in [-0.39, 0.29) is 23.7 Å². The van der Waals surface area contributed by atoms with Crippen molar-refractivity contribution in [3.63, 3.8) is 0 Å². The van der Waals surface area contributed by atoms with E-state index in [9.17, 15) is 4.79 Å². The zero-order valence-corrected chi connectivity index (χ0v) is 18.5. The molecule has 0 radical (unpaired) electrons. The maximum absolute atomic E-state index is 13.5. The number of hydrogen-bond acceptors (Lipinski definition) is 5. The minimum atomic E-state index is -0.320. The minimum absolute atomic E-state index is 0.0505. The number of carbonyl (C=O) groups excluding carboxylic acids is 1. The van der Waals surface area contributed by atoms with Crippen LogP contribution in [0.3, 0.4) is 0 Å². The lowest BCUT2D eigenvalue weighted by Crippen LogP contribution is -2.33. The Morgan fingerprint density at radius 3 is 2.41 bits per heavy atom. The van der Waals surface area contributed by atoms with Crippen molar-refractivity contribution < 1.29 is 9.21 Å². The quantitative estimate of drug-likeness (QED) is 0.526. The number of nitrogens with zero attached hydrogens (tertiary/aromatic N) is 1. The molecule has 1 aliphatic carbocycles. The number of furan rings is 1. The van der Waals surface area contributed by atoms with Crippen LogP contribution in [0.25, 0.3) is 0 Å². The molecule has 3 aromatic rings. The first-order valence-corrected chi connectivity index (χ1v) is 11.4. The van der Waals surface area contributed by atoms with E-state index in [0.717, 1.165) is 35.9 Å². The van der Waals surface area contributed by atoms with E-state index in [1.54, 1.807) is 6.26 Å². The SMILES string of the molecule is CCN(CC)c1ccc(C2C=C3Nc4ccccc4NC(c4ccco4)C3C(=O)C2)cc1. The van der Waals surface area contributed by atoms with Gasteiger partial charge < -0.3 is 20.0 Å². The molecule has 5 rings (SSSR count). The third kappa shape index (κ3) is 3.68. The van der Waals surface area contributed by atoms with E-state index in [1.165, 1.54) is 11.3 Å². The average molecular weight is 428 g/mol. The molecule has 5 nitrogen and oxygen atoms in total. The van der Waals surface area contributed by atoms with Crippen LogP contribution in [0, 0.1) is 5.92 Å². The molecule has 2 heterocycles. The van der Waals surface area contributed by atoms with E-state index in [2.05, 4.69) is 59.7 Å². The number of carbonyl (C=O) groups is 1. The monoisotopic (exact) mass is 427 g/mol. The number of benzene rings is 2. The van der Waals surface area contributed by atoms with Gasteiger partial charge in [-0.25, -0.2) is 0 Å². The van der Waals surface area contributed by atoms with Gasteiger partial charge >= 0.3 is 0 Å². The molecule has 0 saturated heterocycles. The van der Waals surface area contributed by atoms with E-state index in [0.29, 0.717) is 6.42 Å². The lowest BCUT2D eigenvalue weighted by molar-refractivity contribution is -0.123. The Hall–Kier alpha value is -3.47. The zero-order chi connectivity index (χ0) is 22.1. The first-order valence-electron chi connectivity index (χ1n) is 11.4. The van der Waals surface area contributed by atoms with Gasteiger partial charge in [-0.15, -0.1) is 0 Å². The third-order valence-corrected chi connectivity index (χ3v) is 6.63. The van der Waals surface area contributed by atoms with Crippen molar-refractivity contribution in [1.29, 1.82) is 0 Å². The average Bonchev–Trinajstić information content (AvgIpc) is 3.29. The zero-order valence-electron chi connectivity index (χ0n) is 18.5. The van der Waals surface area contributed by atoms with Crippen molar-refractivity contribution in [3.8, 4) is 0 Å². The number of anilines is 3. The molecule has 0 amide bonds. The molecule has 32 heavy (non-hydrogen) atoms. The molecule has 0 bridgehead atoms. The number of para-hydroxylation sites is 2. The van der Waals surface area contributed by atoms with Crippen molar-refractivity contribution in [1.82, 2.24) is 0 Å². The van der Waals surface area contributed by atoms with Crippen LogP contribution in [-0.2, 0) is 4.79 Å². The second kappa shape index (κ2) is 8.58. The number of nitrogens with one attached hydrogen (secondary N) is 2. The van der Waals surface area contributed by atoms with Gasteiger partial charge in [-0.05, 0) is 55.8 Å². The fourth-order valence-electron chi connectivity index (χ4n) is 4.94. The summed E-state index contributed by atoms with van der Waals surface area (Å²) in [7, 11) is 0. The van der Waals surface area contributed by atoms with Gasteiger partial charge in [0.2, 0.25) is 0 Å². The Bertz CT molecular complexity index is 1110. The summed E-state index contributed by atoms with van der Waals surface area (Å²) < 4.78 is 5.73. The van der Waals surface area contributed by atoms with Gasteiger partial charge in [0.05, 0.1) is 29.6 Å². The summed E-state index contributed by atoms with van der Waals surface area (Å²) >= 11 is 0. The lowest BCUT2D eigenvalue weighted by atomic mass is 9.77. The summed E-state index contributed by atoms with van der Waals surface area (Å²) in [6, 6.07) is 20.3. The maximum Gasteiger partial charge on any atom is 0.145 e. The molecule has 0 fully saturated rings. The van der Waals surface area contributed by atoms with E-state index < -0.39 is 0 Å². The Morgan fingerprint density at radius 2 is 1.72 bits per heavy atom. The fraction of sp³-hybridized carbons (Fsp3) is 0.296. The first-order chi connectivity index (χ1) is 15.7. The van der Waals surface area contributed by atoms with Crippen LogP contribution in [0.1, 0.15) is 43.6 Å². The van der Waals surface area contributed by atoms with Gasteiger partial charge in [-0.2, -0.15) is 0 Å². The molecular weight excluding hydrogens is 398 g/mol. The molecule has 1 aromatic heterocycles. The van der Waals surface area contributed by atoms with Gasteiger partial charge in [-0.3, -0.25) is 4.79 Å². The molecule has 3 unspecified atom stereocenters. The molecule has 0 saturated carbocycles. The maximum atomic E-state index is 13.5. The lowest BCUT2D eigenvalue weighted by Gasteiger charge is -2.31. The largest absolute Gasteiger partial charge is 0.467 e. The Labute approximate surface area is 189 Å². The molecule has 2 aliphatic rings. The van der Waals surface area contributed by atoms with Crippen molar-refractivity contribution in [2.75, 3.05) is 28.6 Å². The summed E-state index contributed by atoms with van der Waals surface area (Å²) in [5.74, 6) is 0.721. The van der Waals surface area contributed by atoms with E-state index in [4.69, 9.17) is 4.42 Å². The standard InChI is InChI=1S/C27H29N3O2/c1-3-30(4-2)20-13-11-18(12-14-20)19-16-23-26(24(31)17-19)27(25-10-7-15-32-25)29-22-9-6-5-8-21(22)28-23/h5-16,19,26-29H,3-4,17H2,1-2H3. The summed E-state index contributed by atoms with van der Waals surface area (Å²) in [5, 5.41) is 7.11. The van der Waals surface area contributed by atoms with Gasteiger partial charge in [0.1, 0.15) is 11.5 Å². The normalized spacial score (nSPS) is 22.0. The van der Waals surface area contributed by atoms with Crippen molar-refractivity contribution >= 4 is 22.8 Å². The van der Waals surface area contributed by atoms with Crippen LogP contribution >= 0.6 is 0 Å². The predicted molar refractivity (Wildman–Crippen MR) is 129 cm³/mol. The number of allylic oxidation sites excluding steroid dienone is 1. The molecule has 2 N–H and O–H groups in total. The van der Waals surface area contributed by atoms with Gasteiger partial charge in [0.15, 0.2) is 0 Å². The van der Waals surface area contributed by atoms with Crippen LogP contribution < -0.4 is 15.5 Å². The highest BCUT2D eigenvalue weighted by Crippen LogP contribution is 2.44. The molecule has 2 aromatic carbocycles. The third-order valence-electron chi connectivity index (χ3n) is 6.63. The Balaban J connectivity index is 1.52. The summed E-state index contributed by atoms with van der Waals surface area (Å²) in [4.78, 5) is 15.8. The fourth-order valence-corrected chi connectivity index (χ4v) is 4.94. The highest BCUT2D eigenvalue weighted by molar-refractivity contribution is 5.90. The Kier molecular flexibility index (Phi) is 5.48. The molecule has 164 valence electrons. The van der Waals surface area contributed by atoms with Crippen LogP contribution in [-0.4, -0.2) is 18.9 Å². The number of ketones is 1. The number of Topliss-reactive ketones (excluding diaryl/α,β-unsaturated/α-hetero) is 1. The van der Waals surface area contributed by atoms with Gasteiger partial charge in [-0.1, -0.05) is 30.3 Å². The highest BCUT2D eigenvalue weighted by atomic mass is 16.3. The van der Waals surface area contributed by atoms with E-state index >= 15 is 0 Å². The predicted octanol–water partition coefficient (Wildman–Crippen LogP) is 5.96. The summed E-state index contributed by atoms with van der Waals surface area (Å²) in [5.41, 5.74) is 5.27. The number of fused-ring (bicyclic) bond motifs is 2. The number of rotatable bonds is 5. The molecule has 5 heteroatoms. The van der Waals surface area contributed by atoms with Crippen LogP contribution in [0.15, 0.2) is 83.1 Å². The van der Waals surface area contributed by atoms with Gasteiger partial charge in [0.25, 0.3) is 0 Å². The molecule has 3 atom stereocenters. The topological polar surface area (TPSA) is 57.5 Å². The van der Waals surface area contributed by atoms with Crippen LogP contribution in [0.4, 0.5) is 17.1 Å². The van der Waals surface area contributed by atoms with Crippen molar-refractivity contribution in [2.45, 2.75) is 32.2 Å². The second-order valence-electron chi connectivity index (χ2n) is 8.45. The highest BCUT2D eigenvalue weighted by Gasteiger charge is 2.40. The molecule has 0 spiro atoms. The minimum Gasteiger partial charge on any atom is -0.467 e. The van der Waals surface area contributed by atoms with Crippen LogP contribution in [0.5, 0.6) is 0 Å². The second-order valence-corrected chi connectivity index (χ2v) is 8.45. The first kappa shape index (κ1) is 20.4. The molecule has 1 aliphatic heterocycles. The summed E-state index contributed by atoms with van der Waals surface area (Å²) in [6.45, 7) is 6.30. The number of hydrogen-bond donors (Lipinski definition) is 2. The van der Waals surface area contributed by atoms with E-state index in [1.807, 2.05) is 36.4 Å². The van der Waals surface area contributed by atoms with Gasteiger partial charge in [0, 0.05) is 36.8 Å². The van der Waals surface area contributed by atoms with Crippen LogP contribution in [0.2, 0.25) is 0 Å². The Morgan fingerprint density at radius 1 is 0.969 bits per heavy atom. The molecular formula is C27H29N3O2.